The summed E-state index contributed by atoms with van der Waals surface area (Å²) in [6.45, 7) is 2.94. The molecule has 36 heavy (non-hydrogen) atoms. The topological polar surface area (TPSA) is 98.0 Å². The Morgan fingerprint density at radius 3 is 2.28 bits per heavy atom. The number of hydrogen-bond acceptors (Lipinski definition) is 5. The van der Waals surface area contributed by atoms with Crippen LogP contribution in [0, 0.1) is 0 Å². The van der Waals surface area contributed by atoms with Crippen LogP contribution < -0.4 is 15.0 Å². The number of aryl methyl sites for hydroxylation is 1. The average molecular weight is 526 g/mol. The molecule has 2 aromatic carbocycles. The van der Waals surface area contributed by atoms with Gasteiger partial charge in [-0.3, -0.25) is 4.79 Å². The average Bonchev–Trinajstić information content (AvgIpc) is 2.82. The van der Waals surface area contributed by atoms with Crippen molar-refractivity contribution in [2.45, 2.75) is 38.1 Å². The molecule has 3 aromatic rings. The molecule has 0 aliphatic carbocycles. The molecule has 2 N–H and O–H groups in total. The van der Waals surface area contributed by atoms with E-state index in [9.17, 15) is 27.9 Å². The lowest BCUT2D eigenvalue weighted by Crippen LogP contribution is -2.47. The Bertz CT molecular complexity index is 1340. The highest BCUT2D eigenvalue weighted by atomic mass is 35.5. The fourth-order valence-corrected chi connectivity index (χ4v) is 4.32. The minimum absolute atomic E-state index is 0.0312. The summed E-state index contributed by atoms with van der Waals surface area (Å²) >= 11 is 6.41. The summed E-state index contributed by atoms with van der Waals surface area (Å²) in [5, 5.41) is 19.9. The number of carbonyl (C=O) groups is 1. The van der Waals surface area contributed by atoms with Crippen molar-refractivity contribution in [1.29, 1.82) is 0 Å². The molecule has 0 saturated heterocycles. The molecule has 3 rings (SSSR count). The van der Waals surface area contributed by atoms with E-state index in [-0.39, 0.29) is 28.6 Å². The molecule has 1 aromatic heterocycles. The normalized spacial score (nSPS) is 14.1. The van der Waals surface area contributed by atoms with Gasteiger partial charge in [0, 0.05) is 35.3 Å². The predicted octanol–water partition coefficient (Wildman–Crippen LogP) is 5.81. The highest BCUT2D eigenvalue weighted by Gasteiger charge is 2.59. The smallest absolute Gasteiger partial charge is 0.493 e. The van der Waals surface area contributed by atoms with Crippen LogP contribution in [0.5, 0.6) is 11.5 Å². The maximum atomic E-state index is 14.3. The number of nitrogens with zero attached hydrogens (tertiary/aromatic N) is 1. The van der Waals surface area contributed by atoms with E-state index in [1.807, 2.05) is 0 Å². The minimum atomic E-state index is -5.09. The number of methoxy groups -OCH3 is 1. The van der Waals surface area contributed by atoms with Crippen molar-refractivity contribution in [3.05, 3.63) is 81.2 Å². The first kappa shape index (κ1) is 27.1. The van der Waals surface area contributed by atoms with Crippen molar-refractivity contribution >= 4 is 17.8 Å². The van der Waals surface area contributed by atoms with Crippen molar-refractivity contribution in [3.63, 3.8) is 0 Å². The summed E-state index contributed by atoms with van der Waals surface area (Å²) in [6, 6.07) is 10.7. The minimum Gasteiger partial charge on any atom is -0.493 e. The van der Waals surface area contributed by atoms with E-state index >= 15 is 0 Å². The van der Waals surface area contributed by atoms with Gasteiger partial charge in [-0.25, -0.2) is 4.79 Å². The zero-order valence-corrected chi connectivity index (χ0v) is 20.2. The zero-order chi connectivity index (χ0) is 26.8. The molecule has 2 unspecified atom stereocenters. The third-order valence-corrected chi connectivity index (χ3v) is 6.31. The first-order valence-corrected chi connectivity index (χ1v) is 11.1. The van der Waals surface area contributed by atoms with E-state index in [1.54, 1.807) is 6.92 Å². The standard InChI is InChI=1S/C25H23ClF3NO6/c1-4-30-13-17(7-10-22(30)31)24(34,25(27,28)29)14(2)18-8-5-15(11-19(18)26)16-6-9-20(36-23(32)33)21(12-16)35-3/h5-14,34H,4H2,1-3H3,(H,32,33). The molecule has 0 radical (unpaired) electrons. The Kier molecular flexibility index (Phi) is 7.70. The van der Waals surface area contributed by atoms with Gasteiger partial charge in [0.2, 0.25) is 0 Å². The maximum Gasteiger partial charge on any atom is 0.511 e. The van der Waals surface area contributed by atoms with Gasteiger partial charge >= 0.3 is 12.3 Å². The summed E-state index contributed by atoms with van der Waals surface area (Å²) in [5.41, 5.74) is -3.23. The quantitative estimate of drug-likeness (QED) is 0.298. The SMILES string of the molecule is CCn1cc(C(O)(C(C)c2ccc(-c3ccc(OC(=O)O)c(OC)c3)cc2Cl)C(F)(F)F)ccc1=O. The number of ether oxygens (including phenoxy) is 2. The molecule has 7 nitrogen and oxygen atoms in total. The molecular formula is C25H23ClF3NO6. The molecule has 0 spiro atoms. The zero-order valence-electron chi connectivity index (χ0n) is 19.5. The van der Waals surface area contributed by atoms with Crippen LogP contribution in [-0.4, -0.2) is 34.2 Å². The predicted molar refractivity (Wildman–Crippen MR) is 127 cm³/mol. The number of aromatic nitrogens is 1. The molecule has 0 aliphatic rings. The molecule has 0 fully saturated rings. The van der Waals surface area contributed by atoms with Crippen molar-refractivity contribution < 1.29 is 37.7 Å². The van der Waals surface area contributed by atoms with Crippen LogP contribution in [0.4, 0.5) is 18.0 Å². The van der Waals surface area contributed by atoms with Gasteiger partial charge in [-0.05, 0) is 47.9 Å². The van der Waals surface area contributed by atoms with E-state index in [2.05, 4.69) is 4.74 Å². The fourth-order valence-electron chi connectivity index (χ4n) is 3.97. The van der Waals surface area contributed by atoms with Gasteiger partial charge in [-0.15, -0.1) is 0 Å². The van der Waals surface area contributed by atoms with Gasteiger partial charge in [0.1, 0.15) is 0 Å². The van der Waals surface area contributed by atoms with Crippen LogP contribution in [-0.2, 0) is 12.1 Å². The van der Waals surface area contributed by atoms with Gasteiger partial charge in [0.05, 0.1) is 7.11 Å². The van der Waals surface area contributed by atoms with Crippen molar-refractivity contribution in [2.75, 3.05) is 7.11 Å². The van der Waals surface area contributed by atoms with Crippen LogP contribution >= 0.6 is 11.6 Å². The Hall–Kier alpha value is -3.50. The highest BCUT2D eigenvalue weighted by molar-refractivity contribution is 6.31. The van der Waals surface area contributed by atoms with Gasteiger partial charge in [0.25, 0.3) is 5.56 Å². The van der Waals surface area contributed by atoms with Crippen molar-refractivity contribution in [1.82, 2.24) is 4.57 Å². The summed E-state index contributed by atoms with van der Waals surface area (Å²) in [6.07, 6.45) is -5.60. The molecule has 0 saturated carbocycles. The van der Waals surface area contributed by atoms with Gasteiger partial charge in [0.15, 0.2) is 17.1 Å². The summed E-state index contributed by atoms with van der Waals surface area (Å²) in [7, 11) is 1.32. The van der Waals surface area contributed by atoms with E-state index in [0.29, 0.717) is 11.1 Å². The Morgan fingerprint density at radius 1 is 1.08 bits per heavy atom. The number of aliphatic hydroxyl groups is 1. The summed E-state index contributed by atoms with van der Waals surface area (Å²) in [5.74, 6) is -1.45. The van der Waals surface area contributed by atoms with Crippen LogP contribution in [0.2, 0.25) is 5.02 Å². The maximum absolute atomic E-state index is 14.3. The second-order valence-electron chi connectivity index (χ2n) is 8.00. The second-order valence-corrected chi connectivity index (χ2v) is 8.40. The number of hydrogen-bond donors (Lipinski definition) is 2. The van der Waals surface area contributed by atoms with E-state index in [1.165, 1.54) is 50.4 Å². The lowest BCUT2D eigenvalue weighted by atomic mass is 9.78. The molecule has 2 atom stereocenters. The van der Waals surface area contributed by atoms with Crippen molar-refractivity contribution in [2.24, 2.45) is 0 Å². The van der Waals surface area contributed by atoms with E-state index in [0.717, 1.165) is 22.9 Å². The fraction of sp³-hybridized carbons (Fsp3) is 0.280. The monoisotopic (exact) mass is 525 g/mol. The van der Waals surface area contributed by atoms with Crippen LogP contribution in [0.3, 0.4) is 0 Å². The third-order valence-electron chi connectivity index (χ3n) is 5.98. The molecule has 0 bridgehead atoms. The lowest BCUT2D eigenvalue weighted by Gasteiger charge is -2.37. The van der Waals surface area contributed by atoms with Crippen LogP contribution in [0.25, 0.3) is 11.1 Å². The highest BCUT2D eigenvalue weighted by Crippen LogP contribution is 2.50. The van der Waals surface area contributed by atoms with Crippen LogP contribution in [0.15, 0.2) is 59.5 Å². The largest absolute Gasteiger partial charge is 0.511 e. The molecule has 11 heteroatoms. The number of carboxylic acid groups (broad SMARTS) is 1. The summed E-state index contributed by atoms with van der Waals surface area (Å²) in [4.78, 5) is 22.7. The summed E-state index contributed by atoms with van der Waals surface area (Å²) < 4.78 is 53.8. The Labute approximate surface area is 209 Å². The van der Waals surface area contributed by atoms with Crippen molar-refractivity contribution in [3.8, 4) is 22.6 Å². The third kappa shape index (κ3) is 5.05. The molecule has 192 valence electrons. The molecule has 0 aliphatic heterocycles. The Morgan fingerprint density at radius 2 is 1.72 bits per heavy atom. The molecule has 0 amide bonds. The number of alkyl halides is 3. The number of pyridine rings is 1. The molecular weight excluding hydrogens is 503 g/mol. The van der Waals surface area contributed by atoms with Gasteiger partial charge < -0.3 is 24.3 Å². The van der Waals surface area contributed by atoms with Crippen LogP contribution in [0.1, 0.15) is 30.9 Å². The molecule has 1 heterocycles. The van der Waals surface area contributed by atoms with Gasteiger partial charge in [-0.1, -0.05) is 36.7 Å². The first-order chi connectivity index (χ1) is 16.8. The first-order valence-electron chi connectivity index (χ1n) is 10.7. The Balaban J connectivity index is 2.06. The second kappa shape index (κ2) is 10.2. The lowest BCUT2D eigenvalue weighted by molar-refractivity contribution is -0.274. The number of benzene rings is 2. The number of halogens is 4. The number of rotatable bonds is 7. The van der Waals surface area contributed by atoms with E-state index < -0.39 is 35.0 Å². The van der Waals surface area contributed by atoms with E-state index in [4.69, 9.17) is 21.4 Å². The van der Waals surface area contributed by atoms with Gasteiger partial charge in [-0.2, -0.15) is 13.2 Å².